The quantitative estimate of drug-likeness (QED) is 0.158. The van der Waals surface area contributed by atoms with Crippen LogP contribution < -0.4 is 26.3 Å². The Morgan fingerprint density at radius 3 is 2.54 bits per heavy atom. The van der Waals surface area contributed by atoms with Crippen molar-refractivity contribution in [3.8, 4) is 29.1 Å². The number of phenols is 2. The zero-order valence-corrected chi connectivity index (χ0v) is 31.9. The van der Waals surface area contributed by atoms with Gasteiger partial charge in [0.15, 0.2) is 17.5 Å². The maximum Gasteiger partial charge on any atom is 0.231 e. The third kappa shape index (κ3) is 5.59. The van der Waals surface area contributed by atoms with E-state index in [1.54, 1.807) is 0 Å². The number of carbonyl (C=O) groups excluding carboxylic acids is 1. The Hall–Kier alpha value is -2.77. The van der Waals surface area contributed by atoms with Gasteiger partial charge in [-0.25, -0.2) is 0 Å². The number of aromatic hydroxyl groups is 2. The molecule has 0 aliphatic carbocycles. The number of nitrogens with one attached hydrogen (secondary N) is 1. The minimum atomic E-state index is -0.526. The first-order valence-corrected chi connectivity index (χ1v) is 15.6. The van der Waals surface area contributed by atoms with Crippen LogP contribution in [0.5, 0.6) is 23.0 Å². The molecular formula is C33H43AcN7O5. The number of nitriles is 1. The van der Waals surface area contributed by atoms with Crippen molar-refractivity contribution >= 4 is 11.9 Å². The third-order valence-electron chi connectivity index (χ3n) is 10.5. The van der Waals surface area contributed by atoms with E-state index in [1.807, 2.05) is 34.7 Å². The standard InChI is InChI=1S/C33H43N7O5.Ac/c1-15(7-6-8-37-33(35)36)32(43)38-13-24-26-20(28(41)18(4)30-31(26)45-14-44-30)11-22-27-25-19(9-16(2)17(3)29(25)42)10-21(39(27)5)23(12-34)40(22)24;/h9,15,21-24,27,41-42H,6-8,10-11,13-14H2,1-5H3,(H,38,43)(H4,35,36,37);/t15-,21+,22?,23-,24-,27-;/m0./s1. The van der Waals surface area contributed by atoms with Crippen molar-refractivity contribution in [2.75, 3.05) is 26.9 Å². The summed E-state index contributed by atoms with van der Waals surface area (Å²) in [6.07, 6.45) is 2.30. The summed E-state index contributed by atoms with van der Waals surface area (Å²) in [7, 11) is 2.02. The molecule has 13 heteroatoms. The van der Waals surface area contributed by atoms with E-state index < -0.39 is 12.1 Å². The Kier molecular flexibility index (Phi) is 10.1. The molecule has 243 valence electrons. The molecule has 2 aromatic carbocycles. The zero-order chi connectivity index (χ0) is 32.3. The molecule has 7 N–H and O–H groups in total. The van der Waals surface area contributed by atoms with Crippen molar-refractivity contribution in [1.29, 1.82) is 5.26 Å². The van der Waals surface area contributed by atoms with Gasteiger partial charge in [-0.1, -0.05) is 13.0 Å². The topological polar surface area (TPSA) is 183 Å². The summed E-state index contributed by atoms with van der Waals surface area (Å²) >= 11 is 0. The van der Waals surface area contributed by atoms with Gasteiger partial charge in [0.05, 0.1) is 18.2 Å². The summed E-state index contributed by atoms with van der Waals surface area (Å²) < 4.78 is 11.8. The second-order valence-electron chi connectivity index (χ2n) is 13.0. The van der Waals surface area contributed by atoms with E-state index in [-0.39, 0.29) is 105 Å². The van der Waals surface area contributed by atoms with E-state index in [0.717, 1.165) is 33.4 Å². The van der Waals surface area contributed by atoms with Gasteiger partial charge in [0.25, 0.3) is 0 Å². The van der Waals surface area contributed by atoms with Crippen LogP contribution >= 0.6 is 0 Å². The summed E-state index contributed by atoms with van der Waals surface area (Å²) in [5.41, 5.74) is 16.7. The summed E-state index contributed by atoms with van der Waals surface area (Å²) in [5.74, 6) is 1.09. The fourth-order valence-electron chi connectivity index (χ4n) is 8.02. The van der Waals surface area contributed by atoms with E-state index >= 15 is 0 Å². The second-order valence-corrected chi connectivity index (χ2v) is 13.0. The van der Waals surface area contributed by atoms with Crippen molar-refractivity contribution < 1.29 is 68.5 Å². The Labute approximate surface area is 305 Å². The van der Waals surface area contributed by atoms with Gasteiger partial charge in [0.1, 0.15) is 17.5 Å². The molecule has 1 unspecified atom stereocenters. The van der Waals surface area contributed by atoms with Crippen LogP contribution in [-0.4, -0.2) is 76.9 Å². The third-order valence-corrected chi connectivity index (χ3v) is 10.5. The molecule has 46 heavy (non-hydrogen) atoms. The first-order chi connectivity index (χ1) is 21.5. The molecule has 12 nitrogen and oxygen atoms in total. The maximum atomic E-state index is 13.4. The number of nitrogens with zero attached hydrogens (tertiary/aromatic N) is 4. The minimum Gasteiger partial charge on any atom is -0.507 e. The monoisotopic (exact) mass is 844 g/mol. The Bertz CT molecular complexity index is 1620. The molecule has 4 heterocycles. The number of rotatable bonds is 7. The number of likely N-dealkylation sites (N-methyl/N-ethyl adjacent to an activating group) is 1. The fourth-order valence-corrected chi connectivity index (χ4v) is 8.02. The Morgan fingerprint density at radius 1 is 1.13 bits per heavy atom. The van der Waals surface area contributed by atoms with E-state index in [4.69, 9.17) is 20.9 Å². The number of carbonyl (C=O) groups is 1. The molecule has 1 fully saturated rings. The predicted molar refractivity (Wildman–Crippen MR) is 168 cm³/mol. The number of hydrogen-bond acceptors (Lipinski definition) is 9. The van der Waals surface area contributed by atoms with Gasteiger partial charge in [-0.05, 0) is 70.2 Å². The molecule has 2 aromatic rings. The normalized spacial score (nSPS) is 24.8. The number of hydrogen-bond donors (Lipinski definition) is 5. The number of nitrogens with two attached hydrogens (primary N) is 2. The van der Waals surface area contributed by atoms with Gasteiger partial charge in [-0.3, -0.25) is 19.6 Å². The van der Waals surface area contributed by atoms with Gasteiger partial charge < -0.3 is 36.5 Å². The Balaban J connectivity index is 0.00000417. The predicted octanol–water partition coefficient (Wildman–Crippen LogP) is 2.33. The van der Waals surface area contributed by atoms with E-state index in [2.05, 4.69) is 32.2 Å². The van der Waals surface area contributed by atoms with Crippen molar-refractivity contribution in [1.82, 2.24) is 15.1 Å². The Morgan fingerprint density at radius 2 is 1.85 bits per heavy atom. The van der Waals surface area contributed by atoms with E-state index in [0.29, 0.717) is 49.3 Å². The number of aryl methyl sites for hydroxylation is 1. The van der Waals surface area contributed by atoms with Crippen LogP contribution in [0.4, 0.5) is 0 Å². The number of fused-ring (bicyclic) bond motifs is 9. The van der Waals surface area contributed by atoms with Gasteiger partial charge >= 0.3 is 0 Å². The summed E-state index contributed by atoms with van der Waals surface area (Å²) in [6.45, 7) is 8.28. The minimum absolute atomic E-state index is 0. The molecule has 1 amide bonds. The van der Waals surface area contributed by atoms with Crippen LogP contribution in [0.1, 0.15) is 70.8 Å². The van der Waals surface area contributed by atoms with Crippen LogP contribution in [0.2, 0.25) is 0 Å². The fraction of sp³-hybridized carbons (Fsp3) is 0.545. The number of phenolic OH excluding ortho intramolecular Hbond substituents is 2. The molecular weight excluding hydrogens is 801 g/mol. The average Bonchev–Trinajstić information content (AvgIpc) is 3.50. The van der Waals surface area contributed by atoms with Crippen LogP contribution in [0.15, 0.2) is 11.1 Å². The van der Waals surface area contributed by atoms with Crippen molar-refractivity contribution in [3.05, 3.63) is 45.0 Å². The first-order valence-electron chi connectivity index (χ1n) is 15.6. The second kappa shape index (κ2) is 13.4. The van der Waals surface area contributed by atoms with Crippen molar-refractivity contribution in [2.24, 2.45) is 22.4 Å². The van der Waals surface area contributed by atoms with Crippen molar-refractivity contribution in [3.63, 3.8) is 0 Å². The number of piperazine rings is 1. The van der Waals surface area contributed by atoms with Crippen molar-refractivity contribution in [2.45, 2.75) is 83.6 Å². The molecule has 0 aromatic heterocycles. The van der Waals surface area contributed by atoms with E-state index in [1.165, 1.54) is 0 Å². The molecule has 6 rings (SSSR count). The SMILES string of the molecule is Cc1cc2c(c(O)c1C)[C@@H]1C3Cc4c(O)c(C)c5c(c4[C@H](CNC(=O)[C@@H](C)CCCN=C(N)N)N3[C@@H](C#N)[C@@H](C2)N1C)OCO5.[Ac]. The average molecular weight is 845 g/mol. The molecule has 1 saturated heterocycles. The zero-order valence-electron chi connectivity index (χ0n) is 27.1. The van der Waals surface area contributed by atoms with Crippen LogP contribution in [0, 0.1) is 82.1 Å². The molecule has 4 aliphatic rings. The number of benzene rings is 2. The summed E-state index contributed by atoms with van der Waals surface area (Å²) in [4.78, 5) is 21.8. The number of amides is 1. The van der Waals surface area contributed by atoms with Gasteiger partial charge in [-0.15, -0.1) is 0 Å². The van der Waals surface area contributed by atoms with Gasteiger partial charge in [-0.2, -0.15) is 5.26 Å². The van der Waals surface area contributed by atoms with Crippen LogP contribution in [0.25, 0.3) is 0 Å². The maximum absolute atomic E-state index is 13.4. The van der Waals surface area contributed by atoms with Crippen LogP contribution in [0.3, 0.4) is 0 Å². The molecule has 0 saturated carbocycles. The molecule has 4 aliphatic heterocycles. The molecule has 1 radical (unpaired) electrons. The number of guanidine groups is 1. The van der Waals surface area contributed by atoms with Gasteiger partial charge in [0.2, 0.25) is 12.7 Å². The number of aliphatic imine (C=N–C) groups is 1. The van der Waals surface area contributed by atoms with Gasteiger partial charge in [0, 0.05) is 97.4 Å². The van der Waals surface area contributed by atoms with E-state index in [9.17, 15) is 20.3 Å². The van der Waals surface area contributed by atoms with Crippen LogP contribution in [-0.2, 0) is 17.6 Å². The molecule has 2 bridgehead atoms. The number of ether oxygens (including phenoxy) is 2. The smallest absolute Gasteiger partial charge is 0.231 e. The first kappa shape index (κ1) is 34.6. The molecule has 0 spiro atoms. The summed E-state index contributed by atoms with van der Waals surface area (Å²) in [5, 5.41) is 37.0. The molecule has 6 atom stereocenters. The largest absolute Gasteiger partial charge is 0.507 e. The summed E-state index contributed by atoms with van der Waals surface area (Å²) in [6, 6.07) is 3.07.